The van der Waals surface area contributed by atoms with E-state index in [0.717, 1.165) is 36.4 Å². The van der Waals surface area contributed by atoms with Crippen LogP contribution in [-0.4, -0.2) is 70.3 Å². The predicted octanol–water partition coefficient (Wildman–Crippen LogP) is 4.88. The van der Waals surface area contributed by atoms with Gasteiger partial charge in [0.25, 0.3) is 11.9 Å². The molecule has 2 aromatic carbocycles. The van der Waals surface area contributed by atoms with E-state index in [-0.39, 0.29) is 25.0 Å². The minimum atomic E-state index is -1.06. The summed E-state index contributed by atoms with van der Waals surface area (Å²) in [6.45, 7) is 6.40. The zero-order chi connectivity index (χ0) is 29.5. The Hall–Kier alpha value is -3.96. The van der Waals surface area contributed by atoms with Crippen LogP contribution < -0.4 is 10.2 Å². The molecule has 2 aromatic heterocycles. The van der Waals surface area contributed by atoms with Crippen LogP contribution in [0.5, 0.6) is 0 Å². The van der Waals surface area contributed by atoms with Crippen molar-refractivity contribution in [3.8, 4) is 0 Å². The molecule has 3 heterocycles. The number of aliphatic hydroxyl groups excluding tert-OH is 1. The van der Waals surface area contributed by atoms with Crippen LogP contribution in [0.4, 0.5) is 10.8 Å². The fraction of sp³-hybridized carbons (Fsp3) is 0.419. The second-order valence-corrected chi connectivity index (χ2v) is 12.0. The Morgan fingerprint density at radius 3 is 2.64 bits per heavy atom. The second-order valence-electron chi connectivity index (χ2n) is 11.0. The highest BCUT2D eigenvalue weighted by atomic mass is 32.1. The van der Waals surface area contributed by atoms with Gasteiger partial charge in [-0.1, -0.05) is 44.2 Å². The Balaban J connectivity index is 1.31. The number of hydrogen-bond donors (Lipinski definition) is 2. The first-order valence-corrected chi connectivity index (χ1v) is 15.2. The third-order valence-corrected chi connectivity index (χ3v) is 7.93. The third kappa shape index (κ3) is 7.65. The van der Waals surface area contributed by atoms with Crippen molar-refractivity contribution >= 4 is 40.5 Å². The van der Waals surface area contributed by atoms with E-state index in [2.05, 4.69) is 20.2 Å². The maximum absolute atomic E-state index is 13.8. The summed E-state index contributed by atoms with van der Waals surface area (Å²) >= 11 is 1.39. The van der Waals surface area contributed by atoms with Gasteiger partial charge < -0.3 is 29.4 Å². The number of nitrogens with one attached hydrogen (secondary N) is 1. The first kappa shape index (κ1) is 29.5. The Kier molecular flexibility index (Phi) is 9.70. The van der Waals surface area contributed by atoms with Crippen LogP contribution in [0.1, 0.15) is 47.5 Å². The fourth-order valence-electron chi connectivity index (χ4n) is 5.10. The Morgan fingerprint density at radius 2 is 1.93 bits per heavy atom. The Morgan fingerprint density at radius 1 is 1.14 bits per heavy atom. The highest BCUT2D eigenvalue weighted by Crippen LogP contribution is 2.26. The number of nitrogens with zero attached hydrogens (tertiary/aromatic N) is 4. The first-order chi connectivity index (χ1) is 20.4. The molecule has 0 aliphatic carbocycles. The monoisotopic (exact) mass is 591 g/mol. The molecular formula is C31H37N5O5S. The molecule has 42 heavy (non-hydrogen) atoms. The van der Waals surface area contributed by atoms with E-state index in [1.165, 1.54) is 11.3 Å². The van der Waals surface area contributed by atoms with Crippen molar-refractivity contribution in [1.82, 2.24) is 20.2 Å². The van der Waals surface area contributed by atoms with Crippen molar-refractivity contribution in [2.45, 2.75) is 51.9 Å². The van der Waals surface area contributed by atoms with Crippen molar-refractivity contribution in [2.24, 2.45) is 5.92 Å². The molecule has 10 nitrogen and oxygen atoms in total. The fourth-order valence-corrected chi connectivity index (χ4v) is 5.61. The SMILES string of the molecule is CC(C)CN(C[C@H](O)[C@H](Cc1ccccc1)NC(=O)OCc1cncs1)C(=O)c1ccc2nc(N3CCCC3)oc2c1. The maximum atomic E-state index is 13.8. The van der Waals surface area contributed by atoms with E-state index in [1.807, 2.05) is 44.2 Å². The molecule has 11 heteroatoms. The molecule has 0 saturated carbocycles. The van der Waals surface area contributed by atoms with Gasteiger partial charge >= 0.3 is 6.09 Å². The zero-order valence-electron chi connectivity index (χ0n) is 23.9. The van der Waals surface area contributed by atoms with E-state index >= 15 is 0 Å². The molecule has 4 aromatic rings. The molecule has 1 saturated heterocycles. The standard InChI is InChI=1S/C31H37N5O5S/c1-21(2)17-36(29(38)23-10-11-25-28(15-23)41-30(33-25)35-12-6-7-13-35)18-27(37)26(14-22-8-4-3-5-9-22)34-31(39)40-19-24-16-32-20-42-24/h3-5,8-11,15-16,20-21,26-27,37H,6-7,12-14,17-19H2,1-2H3,(H,34,39)/t26-,27-/m0/s1. The lowest BCUT2D eigenvalue weighted by atomic mass is 10.00. The number of carbonyl (C=O) groups is 2. The number of alkyl carbamates (subject to hydrolysis) is 1. The summed E-state index contributed by atoms with van der Waals surface area (Å²) in [5.74, 6) is -0.0724. The van der Waals surface area contributed by atoms with Gasteiger partial charge in [-0.05, 0) is 48.9 Å². The molecular weight excluding hydrogens is 554 g/mol. The summed E-state index contributed by atoms with van der Waals surface area (Å²) in [5.41, 5.74) is 4.32. The number of oxazole rings is 1. The number of aromatic nitrogens is 2. The summed E-state index contributed by atoms with van der Waals surface area (Å²) in [7, 11) is 0. The maximum Gasteiger partial charge on any atom is 0.407 e. The van der Waals surface area contributed by atoms with E-state index < -0.39 is 18.2 Å². The average Bonchev–Trinajstić information content (AvgIpc) is 3.77. The molecule has 1 aliphatic heterocycles. The molecule has 1 aliphatic rings. The molecule has 0 spiro atoms. The lowest BCUT2D eigenvalue weighted by Gasteiger charge is -2.31. The van der Waals surface area contributed by atoms with Gasteiger partial charge in [0, 0.05) is 37.9 Å². The van der Waals surface area contributed by atoms with E-state index in [1.54, 1.807) is 34.8 Å². The number of carbonyl (C=O) groups excluding carboxylic acids is 2. The van der Waals surface area contributed by atoms with Gasteiger partial charge in [-0.2, -0.15) is 4.98 Å². The number of fused-ring (bicyclic) bond motifs is 1. The lowest BCUT2D eigenvalue weighted by Crippen LogP contribution is -2.51. The minimum absolute atomic E-state index is 0.0249. The molecule has 2 atom stereocenters. The van der Waals surface area contributed by atoms with Gasteiger partial charge in [0.05, 0.1) is 22.5 Å². The highest BCUT2D eigenvalue weighted by molar-refractivity contribution is 7.09. The summed E-state index contributed by atoms with van der Waals surface area (Å²) in [4.78, 5) is 39.7. The van der Waals surface area contributed by atoms with Crippen molar-refractivity contribution < 1.29 is 23.8 Å². The number of aliphatic hydroxyl groups is 1. The largest absolute Gasteiger partial charge is 0.444 e. The first-order valence-electron chi connectivity index (χ1n) is 14.3. The van der Waals surface area contributed by atoms with Crippen LogP contribution in [0, 0.1) is 5.92 Å². The van der Waals surface area contributed by atoms with Crippen LogP contribution in [0.2, 0.25) is 0 Å². The van der Waals surface area contributed by atoms with Gasteiger partial charge in [0.1, 0.15) is 12.1 Å². The number of thiazole rings is 1. The summed E-state index contributed by atoms with van der Waals surface area (Å²) in [6.07, 6.45) is 2.53. The van der Waals surface area contributed by atoms with Crippen LogP contribution in [-0.2, 0) is 17.8 Å². The molecule has 1 fully saturated rings. The van der Waals surface area contributed by atoms with Gasteiger partial charge in [-0.25, -0.2) is 4.79 Å². The number of amides is 2. The van der Waals surface area contributed by atoms with E-state index in [4.69, 9.17) is 9.15 Å². The lowest BCUT2D eigenvalue weighted by molar-refractivity contribution is 0.0494. The topological polar surface area (TPSA) is 121 Å². The van der Waals surface area contributed by atoms with Crippen LogP contribution in [0.3, 0.4) is 0 Å². The Labute approximate surface area is 249 Å². The van der Waals surface area contributed by atoms with Gasteiger partial charge in [0.2, 0.25) is 0 Å². The summed E-state index contributed by atoms with van der Waals surface area (Å²) in [6, 6.07) is 14.8. The minimum Gasteiger partial charge on any atom is -0.444 e. The molecule has 0 radical (unpaired) electrons. The molecule has 0 bridgehead atoms. The van der Waals surface area contributed by atoms with Gasteiger partial charge in [0.15, 0.2) is 5.58 Å². The van der Waals surface area contributed by atoms with Crippen molar-refractivity contribution in [1.29, 1.82) is 0 Å². The summed E-state index contributed by atoms with van der Waals surface area (Å²) < 4.78 is 11.4. The van der Waals surface area contributed by atoms with Crippen molar-refractivity contribution in [2.75, 3.05) is 31.1 Å². The van der Waals surface area contributed by atoms with Gasteiger partial charge in [-0.15, -0.1) is 11.3 Å². The molecule has 0 unspecified atom stereocenters. The number of anilines is 1. The summed E-state index contributed by atoms with van der Waals surface area (Å²) in [5, 5.41) is 14.3. The predicted molar refractivity (Wildman–Crippen MR) is 162 cm³/mol. The number of benzene rings is 2. The number of rotatable bonds is 12. The zero-order valence-corrected chi connectivity index (χ0v) is 24.8. The number of hydrogen-bond acceptors (Lipinski definition) is 9. The third-order valence-electron chi connectivity index (χ3n) is 7.18. The van der Waals surface area contributed by atoms with Crippen molar-refractivity contribution in [3.05, 3.63) is 76.2 Å². The molecule has 2 N–H and O–H groups in total. The van der Waals surface area contributed by atoms with E-state index in [0.29, 0.717) is 35.6 Å². The van der Waals surface area contributed by atoms with Crippen LogP contribution in [0.15, 0.2) is 64.7 Å². The number of ether oxygens (including phenoxy) is 1. The van der Waals surface area contributed by atoms with E-state index in [9.17, 15) is 14.7 Å². The van der Waals surface area contributed by atoms with Gasteiger partial charge in [-0.3, -0.25) is 9.78 Å². The second kappa shape index (κ2) is 13.8. The van der Waals surface area contributed by atoms with Crippen LogP contribution >= 0.6 is 11.3 Å². The normalized spacial score (nSPS) is 14.7. The molecule has 222 valence electrons. The quantitative estimate of drug-likeness (QED) is 0.239. The van der Waals surface area contributed by atoms with Crippen molar-refractivity contribution in [3.63, 3.8) is 0 Å². The van der Waals surface area contributed by atoms with Crippen LogP contribution in [0.25, 0.3) is 11.1 Å². The average molecular weight is 592 g/mol. The Bertz CT molecular complexity index is 1450. The smallest absolute Gasteiger partial charge is 0.407 e. The molecule has 5 rings (SSSR count). The highest BCUT2D eigenvalue weighted by Gasteiger charge is 2.28. The molecule has 2 amide bonds.